The highest BCUT2D eigenvalue weighted by Gasteiger charge is 2.49. The second-order valence-electron chi connectivity index (χ2n) is 5.07. The summed E-state index contributed by atoms with van der Waals surface area (Å²) in [5.74, 6) is -0.282. The van der Waals surface area contributed by atoms with Crippen molar-refractivity contribution < 1.29 is 9.50 Å². The van der Waals surface area contributed by atoms with Gasteiger partial charge in [0.15, 0.2) is 0 Å². The topological polar surface area (TPSA) is 32.3 Å². The van der Waals surface area contributed by atoms with E-state index in [4.69, 9.17) is 0 Å². The first-order valence-electron chi connectivity index (χ1n) is 5.90. The van der Waals surface area contributed by atoms with Crippen molar-refractivity contribution in [2.45, 2.75) is 43.4 Å². The number of aliphatic hydroxyl groups excluding tert-OH is 1. The van der Waals surface area contributed by atoms with Crippen molar-refractivity contribution in [3.05, 3.63) is 35.6 Å². The van der Waals surface area contributed by atoms with Crippen LogP contribution in [0.1, 0.15) is 37.4 Å². The quantitative estimate of drug-likeness (QED) is 0.854. The van der Waals surface area contributed by atoms with E-state index < -0.39 is 6.10 Å². The normalized spacial score (nSPS) is 26.6. The fourth-order valence-corrected chi connectivity index (χ4v) is 2.67. The van der Waals surface area contributed by atoms with E-state index in [1.54, 1.807) is 12.1 Å². The largest absolute Gasteiger partial charge is 0.387 e. The first-order chi connectivity index (χ1) is 7.69. The maximum atomic E-state index is 13.0. The van der Waals surface area contributed by atoms with Gasteiger partial charge in [-0.05, 0) is 43.4 Å². The predicted molar refractivity (Wildman–Crippen MR) is 66.7 cm³/mol. The van der Waals surface area contributed by atoms with Gasteiger partial charge in [0.05, 0.1) is 6.10 Å². The van der Waals surface area contributed by atoms with Crippen molar-refractivity contribution in [2.24, 2.45) is 0 Å². The SMILES string of the molecule is Cl.O[C@H](c1cccc(F)c1)C1CCC2(CC2)N1. The molecule has 0 amide bonds. The summed E-state index contributed by atoms with van der Waals surface area (Å²) in [6.45, 7) is 0. The second kappa shape index (κ2) is 4.56. The van der Waals surface area contributed by atoms with Gasteiger partial charge in [0.25, 0.3) is 0 Å². The summed E-state index contributed by atoms with van der Waals surface area (Å²) in [6.07, 6.45) is 3.98. The summed E-state index contributed by atoms with van der Waals surface area (Å²) in [7, 11) is 0. The van der Waals surface area contributed by atoms with Crippen LogP contribution in [0, 0.1) is 5.82 Å². The van der Waals surface area contributed by atoms with Crippen LogP contribution in [0.3, 0.4) is 0 Å². The minimum Gasteiger partial charge on any atom is -0.387 e. The highest BCUT2D eigenvalue weighted by atomic mass is 35.5. The molecule has 2 aliphatic rings. The van der Waals surface area contributed by atoms with Crippen molar-refractivity contribution in [1.29, 1.82) is 0 Å². The van der Waals surface area contributed by atoms with E-state index >= 15 is 0 Å². The van der Waals surface area contributed by atoms with Gasteiger partial charge in [-0.3, -0.25) is 0 Å². The molecule has 1 spiro atoms. The molecule has 0 bridgehead atoms. The zero-order valence-corrected chi connectivity index (χ0v) is 10.3. The molecule has 2 atom stereocenters. The Morgan fingerprint density at radius 3 is 2.71 bits per heavy atom. The molecule has 1 aliphatic heterocycles. The number of aliphatic hydroxyl groups is 1. The summed E-state index contributed by atoms with van der Waals surface area (Å²) < 4.78 is 13.0. The Kier molecular flexibility index (Phi) is 3.43. The highest BCUT2D eigenvalue weighted by Crippen LogP contribution is 2.46. The molecule has 1 aliphatic carbocycles. The van der Waals surface area contributed by atoms with Crippen LogP contribution >= 0.6 is 12.4 Å². The van der Waals surface area contributed by atoms with Crippen LogP contribution in [0.5, 0.6) is 0 Å². The molecule has 1 aromatic carbocycles. The summed E-state index contributed by atoms with van der Waals surface area (Å²) in [4.78, 5) is 0. The van der Waals surface area contributed by atoms with Crippen LogP contribution in [0.4, 0.5) is 4.39 Å². The smallest absolute Gasteiger partial charge is 0.123 e. The molecule has 1 saturated carbocycles. The molecule has 1 aromatic rings. The molecule has 0 aromatic heterocycles. The van der Waals surface area contributed by atoms with Gasteiger partial charge in [-0.2, -0.15) is 0 Å². The molecule has 4 heteroatoms. The first kappa shape index (κ1) is 12.8. The maximum Gasteiger partial charge on any atom is 0.123 e. The monoisotopic (exact) mass is 257 g/mol. The van der Waals surface area contributed by atoms with Gasteiger partial charge in [0.1, 0.15) is 5.82 Å². The Bertz CT molecular complexity index is 408. The van der Waals surface area contributed by atoms with E-state index in [1.807, 2.05) is 0 Å². The zero-order chi connectivity index (χ0) is 11.2. The van der Waals surface area contributed by atoms with Gasteiger partial charge in [0.2, 0.25) is 0 Å². The highest BCUT2D eigenvalue weighted by molar-refractivity contribution is 5.85. The summed E-state index contributed by atoms with van der Waals surface area (Å²) in [5, 5.41) is 13.7. The predicted octanol–water partition coefficient (Wildman–Crippen LogP) is 2.57. The van der Waals surface area contributed by atoms with Gasteiger partial charge in [-0.1, -0.05) is 12.1 Å². The maximum absolute atomic E-state index is 13.0. The first-order valence-corrected chi connectivity index (χ1v) is 5.90. The van der Waals surface area contributed by atoms with Gasteiger partial charge in [0, 0.05) is 11.6 Å². The van der Waals surface area contributed by atoms with E-state index in [9.17, 15) is 9.50 Å². The van der Waals surface area contributed by atoms with Gasteiger partial charge >= 0.3 is 0 Å². The summed E-state index contributed by atoms with van der Waals surface area (Å²) >= 11 is 0. The van der Waals surface area contributed by atoms with Crippen molar-refractivity contribution >= 4 is 12.4 Å². The molecular formula is C13H17ClFNO. The van der Waals surface area contributed by atoms with E-state index in [2.05, 4.69) is 5.32 Å². The molecule has 17 heavy (non-hydrogen) atoms. The van der Waals surface area contributed by atoms with Crippen molar-refractivity contribution in [1.82, 2.24) is 5.32 Å². The lowest BCUT2D eigenvalue weighted by molar-refractivity contribution is 0.134. The summed E-state index contributed by atoms with van der Waals surface area (Å²) in [6, 6.07) is 6.35. The molecule has 0 radical (unpaired) electrons. The average molecular weight is 258 g/mol. The van der Waals surface area contributed by atoms with E-state index in [1.165, 1.54) is 25.0 Å². The lowest BCUT2D eigenvalue weighted by atomic mass is 10.0. The number of benzene rings is 1. The van der Waals surface area contributed by atoms with Crippen molar-refractivity contribution in [3.63, 3.8) is 0 Å². The van der Waals surface area contributed by atoms with Gasteiger partial charge < -0.3 is 10.4 Å². The zero-order valence-electron chi connectivity index (χ0n) is 9.53. The van der Waals surface area contributed by atoms with Crippen LogP contribution in [-0.2, 0) is 0 Å². The Balaban J connectivity index is 0.00000108. The third kappa shape index (κ3) is 2.46. The van der Waals surface area contributed by atoms with E-state index in [-0.39, 0.29) is 24.3 Å². The van der Waals surface area contributed by atoms with E-state index in [0.29, 0.717) is 11.1 Å². The number of halogens is 2. The lowest BCUT2D eigenvalue weighted by Gasteiger charge is -2.20. The molecule has 1 unspecified atom stereocenters. The Hall–Kier alpha value is -0.640. The number of hydrogen-bond donors (Lipinski definition) is 2. The molecule has 3 rings (SSSR count). The number of nitrogens with one attached hydrogen (secondary N) is 1. The minimum atomic E-state index is -0.587. The molecule has 1 heterocycles. The number of rotatable bonds is 2. The lowest BCUT2D eigenvalue weighted by Crippen LogP contribution is -2.35. The van der Waals surface area contributed by atoms with Crippen LogP contribution in [-0.4, -0.2) is 16.7 Å². The van der Waals surface area contributed by atoms with Gasteiger partial charge in [-0.15, -0.1) is 12.4 Å². The molecular weight excluding hydrogens is 241 g/mol. The van der Waals surface area contributed by atoms with Crippen LogP contribution in [0.25, 0.3) is 0 Å². The van der Waals surface area contributed by atoms with Crippen molar-refractivity contribution in [3.8, 4) is 0 Å². The van der Waals surface area contributed by atoms with Crippen LogP contribution < -0.4 is 5.32 Å². The standard InChI is InChI=1S/C13H16FNO.ClH/c14-10-3-1-2-9(8-10)12(16)11-4-5-13(15-11)6-7-13;/h1-3,8,11-12,15-16H,4-7H2;1H/t11?,12-;/m1./s1. The third-order valence-corrected chi connectivity index (χ3v) is 3.85. The van der Waals surface area contributed by atoms with Crippen LogP contribution in [0.2, 0.25) is 0 Å². The molecule has 94 valence electrons. The van der Waals surface area contributed by atoms with Gasteiger partial charge in [-0.25, -0.2) is 4.39 Å². The van der Waals surface area contributed by atoms with E-state index in [0.717, 1.165) is 12.8 Å². The third-order valence-electron chi connectivity index (χ3n) is 3.85. The van der Waals surface area contributed by atoms with Crippen LogP contribution in [0.15, 0.2) is 24.3 Å². The molecule has 1 saturated heterocycles. The molecule has 2 nitrogen and oxygen atoms in total. The van der Waals surface area contributed by atoms with Crippen molar-refractivity contribution in [2.75, 3.05) is 0 Å². The molecule has 2 fully saturated rings. The Morgan fingerprint density at radius 1 is 1.35 bits per heavy atom. The second-order valence-corrected chi connectivity index (χ2v) is 5.07. The fraction of sp³-hybridized carbons (Fsp3) is 0.538. The number of hydrogen-bond acceptors (Lipinski definition) is 2. The average Bonchev–Trinajstić information content (AvgIpc) is 2.88. The fourth-order valence-electron chi connectivity index (χ4n) is 2.67. The molecule has 2 N–H and O–H groups in total. The summed E-state index contributed by atoms with van der Waals surface area (Å²) in [5.41, 5.74) is 0.995. The Morgan fingerprint density at radius 2 is 2.12 bits per heavy atom. The Labute approximate surface area is 107 Å². The minimum absolute atomic E-state index is 0.